The van der Waals surface area contributed by atoms with Crippen LogP contribution in [-0.2, 0) is 6.42 Å². The van der Waals surface area contributed by atoms with Crippen LogP contribution in [0.3, 0.4) is 0 Å². The van der Waals surface area contributed by atoms with E-state index < -0.39 is 0 Å². The first kappa shape index (κ1) is 18.5. The first-order chi connectivity index (χ1) is 13.1. The minimum absolute atomic E-state index is 0.508. The maximum absolute atomic E-state index is 6.50. The number of hydrogen-bond acceptors (Lipinski definition) is 3. The molecule has 3 aromatic rings. The molecule has 0 radical (unpaired) electrons. The molecule has 2 heterocycles. The van der Waals surface area contributed by atoms with Gasteiger partial charge in [0.25, 0.3) is 0 Å². The van der Waals surface area contributed by atoms with Gasteiger partial charge >= 0.3 is 0 Å². The van der Waals surface area contributed by atoms with Crippen molar-refractivity contribution >= 4 is 40.6 Å². The van der Waals surface area contributed by atoms with E-state index in [0.717, 1.165) is 54.1 Å². The van der Waals surface area contributed by atoms with E-state index in [1.54, 1.807) is 19.2 Å². The van der Waals surface area contributed by atoms with Gasteiger partial charge < -0.3 is 10.1 Å². The maximum Gasteiger partial charge on any atom is 0.144 e. The lowest BCUT2D eigenvalue weighted by molar-refractivity contribution is 0.412. The zero-order valence-corrected chi connectivity index (χ0v) is 17.0. The minimum Gasteiger partial charge on any atom is -0.494 e. The van der Waals surface area contributed by atoms with Crippen molar-refractivity contribution in [1.82, 2.24) is 9.78 Å². The van der Waals surface area contributed by atoms with Crippen molar-refractivity contribution in [2.45, 2.75) is 19.3 Å². The quantitative estimate of drug-likeness (QED) is 0.541. The predicted octanol–water partition coefficient (Wildman–Crippen LogP) is 6.26. The molecular weight excluding hydrogens is 405 g/mol. The van der Waals surface area contributed by atoms with E-state index in [9.17, 15) is 0 Å². The summed E-state index contributed by atoms with van der Waals surface area (Å²) in [5, 5.41) is 10.0. The lowest BCUT2D eigenvalue weighted by Gasteiger charge is -2.13. The van der Waals surface area contributed by atoms with Crippen molar-refractivity contribution < 1.29 is 4.74 Å². The van der Waals surface area contributed by atoms with E-state index in [-0.39, 0.29) is 0 Å². The fourth-order valence-electron chi connectivity index (χ4n) is 3.41. The zero-order chi connectivity index (χ0) is 19.0. The smallest absolute Gasteiger partial charge is 0.144 e. The number of nitrogens with zero attached hydrogens (tertiary/aromatic N) is 2. The minimum atomic E-state index is 0.508. The van der Waals surface area contributed by atoms with Crippen LogP contribution in [0.4, 0.5) is 5.82 Å². The molecule has 0 unspecified atom stereocenters. The number of ether oxygens (including phenoxy) is 1. The first-order valence-corrected chi connectivity index (χ1v) is 9.87. The Hall–Kier alpha value is -1.88. The lowest BCUT2D eigenvalue weighted by Crippen LogP contribution is -2.08. The van der Waals surface area contributed by atoms with Gasteiger partial charge in [-0.15, -0.1) is 0 Å². The summed E-state index contributed by atoms with van der Waals surface area (Å²) < 4.78 is 7.40. The molecule has 4 nitrogen and oxygen atoms in total. The number of rotatable bonds is 3. The van der Waals surface area contributed by atoms with Gasteiger partial charge in [0.15, 0.2) is 0 Å². The Morgan fingerprint density at radius 2 is 1.96 bits per heavy atom. The van der Waals surface area contributed by atoms with Gasteiger partial charge in [-0.2, -0.15) is 5.10 Å². The monoisotopic (exact) mass is 421 g/mol. The molecular formula is C20H18Cl3N3O. The average Bonchev–Trinajstić information content (AvgIpc) is 2.85. The summed E-state index contributed by atoms with van der Waals surface area (Å²) in [6, 6.07) is 11.1. The molecule has 0 bridgehead atoms. The standard InChI is InChI=1S/C20H18Cl3N3O/c1-27-17-9-8-12(21)11-16(17)26-20-14(5-2-3-10-24-20)19(25-26)13-6-4-7-15(22)18(13)23/h4,6-9,11,24H,2-3,5,10H2,1H3. The van der Waals surface area contributed by atoms with Crippen LogP contribution in [0.2, 0.25) is 15.1 Å². The first-order valence-electron chi connectivity index (χ1n) is 8.74. The van der Waals surface area contributed by atoms with Crippen molar-refractivity contribution in [3.05, 3.63) is 57.0 Å². The SMILES string of the molecule is COc1ccc(Cl)cc1-n1nc(-c2cccc(Cl)c2Cl)c2c1NCCCC2. The molecule has 27 heavy (non-hydrogen) atoms. The normalized spacial score (nSPS) is 13.6. The molecule has 1 aliphatic rings. The molecule has 4 rings (SSSR count). The highest BCUT2D eigenvalue weighted by atomic mass is 35.5. The summed E-state index contributed by atoms with van der Waals surface area (Å²) >= 11 is 19.0. The third-order valence-corrected chi connectivity index (χ3v) is 5.76. The van der Waals surface area contributed by atoms with Crippen LogP contribution in [0.5, 0.6) is 5.75 Å². The predicted molar refractivity (Wildman–Crippen MR) is 112 cm³/mol. The highest BCUT2D eigenvalue weighted by Gasteiger charge is 2.24. The number of benzene rings is 2. The Labute approximate surface area is 173 Å². The summed E-state index contributed by atoms with van der Waals surface area (Å²) in [5.74, 6) is 1.64. The molecule has 0 aliphatic carbocycles. The molecule has 1 aromatic heterocycles. The molecule has 7 heteroatoms. The second-order valence-electron chi connectivity index (χ2n) is 6.39. The van der Waals surface area contributed by atoms with Crippen molar-refractivity contribution in [2.24, 2.45) is 0 Å². The van der Waals surface area contributed by atoms with Gasteiger partial charge in [0.2, 0.25) is 0 Å². The fourth-order valence-corrected chi connectivity index (χ4v) is 3.96. The number of aromatic nitrogens is 2. The molecule has 1 aliphatic heterocycles. The van der Waals surface area contributed by atoms with E-state index in [4.69, 9.17) is 44.6 Å². The second kappa shape index (κ2) is 7.63. The third kappa shape index (κ3) is 3.38. The highest BCUT2D eigenvalue weighted by molar-refractivity contribution is 6.43. The third-order valence-electron chi connectivity index (χ3n) is 4.71. The Kier molecular flexibility index (Phi) is 5.22. The van der Waals surface area contributed by atoms with Gasteiger partial charge in [0, 0.05) is 22.7 Å². The summed E-state index contributed by atoms with van der Waals surface area (Å²) in [5.41, 5.74) is 3.55. The van der Waals surface area contributed by atoms with Gasteiger partial charge in [-0.3, -0.25) is 0 Å². The highest BCUT2D eigenvalue weighted by Crippen LogP contribution is 2.40. The molecule has 140 valence electrons. The Morgan fingerprint density at radius 3 is 2.78 bits per heavy atom. The molecule has 0 saturated heterocycles. The number of anilines is 1. The molecule has 2 aromatic carbocycles. The van der Waals surface area contributed by atoms with Gasteiger partial charge in [0.05, 0.1) is 22.8 Å². The molecule has 0 spiro atoms. The molecule has 0 saturated carbocycles. The van der Waals surface area contributed by atoms with E-state index >= 15 is 0 Å². The van der Waals surface area contributed by atoms with Crippen LogP contribution in [0.15, 0.2) is 36.4 Å². The van der Waals surface area contributed by atoms with Gasteiger partial charge in [-0.05, 0) is 43.5 Å². The van der Waals surface area contributed by atoms with Crippen molar-refractivity contribution in [2.75, 3.05) is 19.0 Å². The largest absolute Gasteiger partial charge is 0.494 e. The summed E-state index contributed by atoms with van der Waals surface area (Å²) in [6.45, 7) is 0.879. The van der Waals surface area contributed by atoms with Crippen LogP contribution in [0.25, 0.3) is 16.9 Å². The molecule has 0 fully saturated rings. The van der Waals surface area contributed by atoms with Crippen LogP contribution >= 0.6 is 34.8 Å². The number of halogens is 3. The number of methoxy groups -OCH3 is 1. The van der Waals surface area contributed by atoms with Crippen LogP contribution in [-0.4, -0.2) is 23.4 Å². The van der Waals surface area contributed by atoms with Crippen LogP contribution < -0.4 is 10.1 Å². The zero-order valence-electron chi connectivity index (χ0n) is 14.7. The van der Waals surface area contributed by atoms with Gasteiger partial charge in [-0.1, -0.05) is 46.9 Å². The number of fused-ring (bicyclic) bond motifs is 1. The Morgan fingerprint density at radius 1 is 1.11 bits per heavy atom. The topological polar surface area (TPSA) is 39.1 Å². The van der Waals surface area contributed by atoms with Crippen LogP contribution in [0, 0.1) is 0 Å². The lowest BCUT2D eigenvalue weighted by atomic mass is 10.0. The van der Waals surface area contributed by atoms with E-state index in [1.165, 1.54) is 0 Å². The molecule has 1 N–H and O–H groups in total. The Bertz CT molecular complexity index is 1000. The average molecular weight is 423 g/mol. The van der Waals surface area contributed by atoms with Gasteiger partial charge in [0.1, 0.15) is 17.3 Å². The van der Waals surface area contributed by atoms with Crippen molar-refractivity contribution in [3.63, 3.8) is 0 Å². The van der Waals surface area contributed by atoms with E-state index in [0.29, 0.717) is 20.8 Å². The summed E-state index contributed by atoms with van der Waals surface area (Å²) in [4.78, 5) is 0. The Balaban J connectivity index is 1.98. The number of hydrogen-bond donors (Lipinski definition) is 1. The number of nitrogens with one attached hydrogen (secondary N) is 1. The van der Waals surface area contributed by atoms with Crippen molar-refractivity contribution in [1.29, 1.82) is 0 Å². The van der Waals surface area contributed by atoms with E-state index in [2.05, 4.69) is 5.32 Å². The summed E-state index contributed by atoms with van der Waals surface area (Å²) in [6.07, 6.45) is 3.07. The van der Waals surface area contributed by atoms with Gasteiger partial charge in [-0.25, -0.2) is 4.68 Å². The fraction of sp³-hybridized carbons (Fsp3) is 0.250. The molecule has 0 amide bonds. The van der Waals surface area contributed by atoms with Crippen LogP contribution in [0.1, 0.15) is 18.4 Å². The summed E-state index contributed by atoms with van der Waals surface area (Å²) in [7, 11) is 1.64. The second-order valence-corrected chi connectivity index (χ2v) is 7.61. The van der Waals surface area contributed by atoms with E-state index in [1.807, 2.05) is 28.9 Å². The molecule has 0 atom stereocenters. The van der Waals surface area contributed by atoms with Crippen molar-refractivity contribution in [3.8, 4) is 22.7 Å². The maximum atomic E-state index is 6.50.